The van der Waals surface area contributed by atoms with Gasteiger partial charge in [0, 0.05) is 24.6 Å². The van der Waals surface area contributed by atoms with E-state index in [2.05, 4.69) is 10.3 Å². The SMILES string of the molecule is Cc1ccc(C(=O)O)c(NCCSCCCO)n1. The van der Waals surface area contributed by atoms with Crippen LogP contribution in [0.25, 0.3) is 0 Å². The molecule has 0 bridgehead atoms. The molecule has 0 aliphatic carbocycles. The number of nitrogens with zero attached hydrogens (tertiary/aromatic N) is 1. The molecule has 1 rings (SSSR count). The van der Waals surface area contributed by atoms with E-state index in [-0.39, 0.29) is 12.2 Å². The Bertz CT molecular complexity index is 399. The van der Waals surface area contributed by atoms with Crippen LogP contribution in [-0.2, 0) is 0 Å². The van der Waals surface area contributed by atoms with E-state index in [1.807, 2.05) is 6.92 Å². The minimum Gasteiger partial charge on any atom is -0.478 e. The molecule has 0 unspecified atom stereocenters. The Morgan fingerprint density at radius 1 is 1.44 bits per heavy atom. The first kappa shape index (κ1) is 14.8. The highest BCUT2D eigenvalue weighted by molar-refractivity contribution is 7.99. The van der Waals surface area contributed by atoms with Gasteiger partial charge in [-0.15, -0.1) is 0 Å². The van der Waals surface area contributed by atoms with E-state index in [1.54, 1.807) is 23.9 Å². The summed E-state index contributed by atoms with van der Waals surface area (Å²) in [6.45, 7) is 2.70. The molecule has 3 N–H and O–H groups in total. The monoisotopic (exact) mass is 270 g/mol. The van der Waals surface area contributed by atoms with Gasteiger partial charge in [0.1, 0.15) is 11.4 Å². The highest BCUT2D eigenvalue weighted by Gasteiger charge is 2.10. The average Bonchev–Trinajstić information content (AvgIpc) is 2.33. The highest BCUT2D eigenvalue weighted by atomic mass is 32.2. The van der Waals surface area contributed by atoms with Gasteiger partial charge in [-0.1, -0.05) is 0 Å². The van der Waals surface area contributed by atoms with Gasteiger partial charge in [0.25, 0.3) is 0 Å². The Morgan fingerprint density at radius 2 is 2.22 bits per heavy atom. The summed E-state index contributed by atoms with van der Waals surface area (Å²) in [7, 11) is 0. The largest absolute Gasteiger partial charge is 0.478 e. The zero-order valence-corrected chi connectivity index (χ0v) is 11.2. The van der Waals surface area contributed by atoms with Crippen molar-refractivity contribution < 1.29 is 15.0 Å². The summed E-state index contributed by atoms with van der Waals surface area (Å²) < 4.78 is 0. The lowest BCUT2D eigenvalue weighted by Gasteiger charge is -2.09. The number of carboxylic acids is 1. The van der Waals surface area contributed by atoms with Crippen LogP contribution in [0.3, 0.4) is 0 Å². The Morgan fingerprint density at radius 3 is 2.89 bits per heavy atom. The first-order valence-corrected chi connectivity index (χ1v) is 6.94. The van der Waals surface area contributed by atoms with Crippen LogP contribution >= 0.6 is 11.8 Å². The molecule has 0 fully saturated rings. The van der Waals surface area contributed by atoms with E-state index in [9.17, 15) is 4.79 Å². The fourth-order valence-electron chi connectivity index (χ4n) is 1.37. The molecule has 1 heterocycles. The zero-order valence-electron chi connectivity index (χ0n) is 10.3. The molecule has 0 saturated carbocycles. The van der Waals surface area contributed by atoms with Gasteiger partial charge in [-0.25, -0.2) is 9.78 Å². The van der Waals surface area contributed by atoms with Crippen molar-refractivity contribution in [1.29, 1.82) is 0 Å². The van der Waals surface area contributed by atoms with Crippen molar-refractivity contribution >= 4 is 23.5 Å². The summed E-state index contributed by atoms with van der Waals surface area (Å²) in [4.78, 5) is 15.2. The van der Waals surface area contributed by atoms with E-state index in [0.717, 1.165) is 23.6 Å². The normalized spacial score (nSPS) is 10.3. The minimum atomic E-state index is -0.974. The van der Waals surface area contributed by atoms with Crippen LogP contribution in [0, 0.1) is 6.92 Å². The van der Waals surface area contributed by atoms with Gasteiger partial charge in [0.15, 0.2) is 0 Å². The molecule has 5 nitrogen and oxygen atoms in total. The number of aromatic nitrogens is 1. The third kappa shape index (κ3) is 4.93. The third-order valence-electron chi connectivity index (χ3n) is 2.25. The smallest absolute Gasteiger partial charge is 0.339 e. The van der Waals surface area contributed by atoms with Crippen LogP contribution in [0.4, 0.5) is 5.82 Å². The Labute approximate surface area is 111 Å². The Hall–Kier alpha value is -1.27. The van der Waals surface area contributed by atoms with Crippen molar-refractivity contribution in [3.63, 3.8) is 0 Å². The number of hydrogen-bond acceptors (Lipinski definition) is 5. The van der Waals surface area contributed by atoms with Crippen molar-refractivity contribution in [2.45, 2.75) is 13.3 Å². The van der Waals surface area contributed by atoms with E-state index in [0.29, 0.717) is 12.4 Å². The van der Waals surface area contributed by atoms with E-state index in [1.165, 1.54) is 0 Å². The van der Waals surface area contributed by atoms with Gasteiger partial charge in [-0.3, -0.25) is 0 Å². The molecule has 0 aliphatic rings. The van der Waals surface area contributed by atoms with Gasteiger partial charge in [0.2, 0.25) is 0 Å². The van der Waals surface area contributed by atoms with Gasteiger partial charge in [-0.05, 0) is 31.2 Å². The summed E-state index contributed by atoms with van der Waals surface area (Å²) in [5, 5.41) is 20.7. The van der Waals surface area contributed by atoms with Crippen LogP contribution in [0.1, 0.15) is 22.5 Å². The van der Waals surface area contributed by atoms with E-state index < -0.39 is 5.97 Å². The van der Waals surface area contributed by atoms with Crippen molar-refractivity contribution in [1.82, 2.24) is 4.98 Å². The van der Waals surface area contributed by atoms with Crippen molar-refractivity contribution in [3.05, 3.63) is 23.4 Å². The van der Waals surface area contributed by atoms with Gasteiger partial charge in [0.05, 0.1) is 0 Å². The van der Waals surface area contributed by atoms with Crippen LogP contribution in [0.5, 0.6) is 0 Å². The lowest BCUT2D eigenvalue weighted by molar-refractivity contribution is 0.0697. The molecule has 18 heavy (non-hydrogen) atoms. The molecule has 1 aromatic rings. The first-order chi connectivity index (χ1) is 8.65. The molecular formula is C12H18N2O3S. The Kier molecular flexibility index (Phi) is 6.53. The topological polar surface area (TPSA) is 82.5 Å². The van der Waals surface area contributed by atoms with Gasteiger partial charge >= 0.3 is 5.97 Å². The van der Waals surface area contributed by atoms with Gasteiger partial charge in [-0.2, -0.15) is 11.8 Å². The number of thioether (sulfide) groups is 1. The summed E-state index contributed by atoms with van der Waals surface area (Å²) in [6.07, 6.45) is 0.785. The van der Waals surface area contributed by atoms with Crippen molar-refractivity contribution in [2.24, 2.45) is 0 Å². The first-order valence-electron chi connectivity index (χ1n) is 5.78. The molecule has 0 radical (unpaired) electrons. The summed E-state index contributed by atoms with van der Waals surface area (Å²) in [5.41, 5.74) is 0.983. The summed E-state index contributed by atoms with van der Waals surface area (Å²) in [5.74, 6) is 1.21. The van der Waals surface area contributed by atoms with Crippen LogP contribution < -0.4 is 5.32 Å². The molecular weight excluding hydrogens is 252 g/mol. The number of pyridine rings is 1. The number of aliphatic hydroxyl groups is 1. The average molecular weight is 270 g/mol. The summed E-state index contributed by atoms with van der Waals surface area (Å²) >= 11 is 1.72. The molecule has 0 atom stereocenters. The highest BCUT2D eigenvalue weighted by Crippen LogP contribution is 2.13. The third-order valence-corrected chi connectivity index (χ3v) is 3.32. The quantitative estimate of drug-likeness (QED) is 0.623. The van der Waals surface area contributed by atoms with Crippen molar-refractivity contribution in [2.75, 3.05) is 30.0 Å². The predicted octanol–water partition coefficient (Wildman–Crippen LogP) is 1.62. The maximum absolute atomic E-state index is 11.0. The second-order valence-corrected chi connectivity index (χ2v) is 5.00. The maximum Gasteiger partial charge on any atom is 0.339 e. The molecule has 0 aliphatic heterocycles. The molecule has 1 aromatic heterocycles. The number of hydrogen-bond donors (Lipinski definition) is 3. The standard InChI is InChI=1S/C12H18N2O3S/c1-9-3-4-10(12(16)17)11(14-9)13-5-8-18-7-2-6-15/h3-4,15H,2,5-8H2,1H3,(H,13,14)(H,16,17). The molecule has 100 valence electrons. The van der Waals surface area contributed by atoms with Crippen LogP contribution in [0.2, 0.25) is 0 Å². The maximum atomic E-state index is 11.0. The zero-order chi connectivity index (χ0) is 13.4. The summed E-state index contributed by atoms with van der Waals surface area (Å²) in [6, 6.07) is 3.25. The minimum absolute atomic E-state index is 0.195. The second-order valence-electron chi connectivity index (χ2n) is 3.77. The number of aryl methyl sites for hydroxylation is 1. The number of carboxylic acid groups (broad SMARTS) is 1. The fraction of sp³-hybridized carbons (Fsp3) is 0.500. The lowest BCUT2D eigenvalue weighted by Crippen LogP contribution is -2.11. The number of aromatic carboxylic acids is 1. The Balaban J connectivity index is 2.45. The second kappa shape index (κ2) is 7.94. The van der Waals surface area contributed by atoms with E-state index >= 15 is 0 Å². The number of anilines is 1. The molecule has 0 amide bonds. The number of aliphatic hydroxyl groups excluding tert-OH is 1. The molecule has 6 heteroatoms. The lowest BCUT2D eigenvalue weighted by atomic mass is 10.2. The molecule has 0 saturated heterocycles. The predicted molar refractivity (Wildman–Crippen MR) is 73.5 cm³/mol. The van der Waals surface area contributed by atoms with Gasteiger partial charge < -0.3 is 15.5 Å². The van der Waals surface area contributed by atoms with Crippen LogP contribution in [-0.4, -0.2) is 45.8 Å². The number of nitrogens with one attached hydrogen (secondary N) is 1. The molecule has 0 spiro atoms. The molecule has 0 aromatic carbocycles. The number of carbonyl (C=O) groups is 1. The fourth-order valence-corrected chi connectivity index (χ4v) is 2.16. The van der Waals surface area contributed by atoms with E-state index in [4.69, 9.17) is 10.2 Å². The van der Waals surface area contributed by atoms with Crippen molar-refractivity contribution in [3.8, 4) is 0 Å². The van der Waals surface area contributed by atoms with Crippen LogP contribution in [0.15, 0.2) is 12.1 Å². The number of rotatable bonds is 8.